The molecule has 0 aromatic heterocycles. The number of benzene rings is 2. The molecule has 0 aliphatic carbocycles. The van der Waals surface area contributed by atoms with Crippen LogP contribution in [0.25, 0.3) is 0 Å². The van der Waals surface area contributed by atoms with Gasteiger partial charge in [0.15, 0.2) is 0 Å². The average molecular weight is 407 g/mol. The van der Waals surface area contributed by atoms with Crippen molar-refractivity contribution in [3.05, 3.63) is 82.3 Å². The number of anilines is 2. The first-order valence-corrected chi connectivity index (χ1v) is 8.99. The van der Waals surface area contributed by atoms with Crippen molar-refractivity contribution < 1.29 is 14.3 Å². The number of carbonyl (C=O) groups is 2. The number of rotatable bonds is 2. The smallest absolute Gasteiger partial charge is 0.337 e. The minimum Gasteiger partial charge on any atom is -0.466 e. The molecule has 7 nitrogen and oxygen atoms in total. The van der Waals surface area contributed by atoms with E-state index in [-0.39, 0.29) is 17.0 Å². The third kappa shape index (κ3) is 2.50. The number of para-hydroxylation sites is 1. The Hall–Kier alpha value is -3.76. The van der Waals surface area contributed by atoms with E-state index in [4.69, 9.17) is 22.1 Å². The molecule has 0 fully saturated rings. The highest BCUT2D eigenvalue weighted by Gasteiger charge is 2.58. The van der Waals surface area contributed by atoms with Crippen molar-refractivity contribution in [2.24, 2.45) is 5.73 Å². The van der Waals surface area contributed by atoms with E-state index in [9.17, 15) is 14.9 Å². The Labute approximate surface area is 171 Å². The number of hydrogen-bond acceptors (Lipinski definition) is 6. The number of esters is 1. The fourth-order valence-corrected chi connectivity index (χ4v) is 3.91. The van der Waals surface area contributed by atoms with E-state index in [0.717, 1.165) is 0 Å². The highest BCUT2D eigenvalue weighted by Crippen LogP contribution is 2.51. The maximum absolute atomic E-state index is 13.2. The van der Waals surface area contributed by atoms with Gasteiger partial charge in [0, 0.05) is 28.2 Å². The summed E-state index contributed by atoms with van der Waals surface area (Å²) in [6, 6.07) is 15.6. The van der Waals surface area contributed by atoms with E-state index in [1.165, 1.54) is 18.2 Å². The van der Waals surface area contributed by atoms with E-state index < -0.39 is 17.3 Å². The quantitative estimate of drug-likeness (QED) is 0.742. The summed E-state index contributed by atoms with van der Waals surface area (Å²) in [6.45, 7) is 0. The molecular weight excluding hydrogens is 392 g/mol. The van der Waals surface area contributed by atoms with Gasteiger partial charge in [-0.3, -0.25) is 4.79 Å². The van der Waals surface area contributed by atoms with Crippen molar-refractivity contribution in [1.29, 1.82) is 5.26 Å². The number of nitrogens with zero attached hydrogens (tertiary/aromatic N) is 2. The minimum absolute atomic E-state index is 0.0110. The molecule has 2 aromatic carbocycles. The van der Waals surface area contributed by atoms with Crippen LogP contribution in [0.5, 0.6) is 0 Å². The van der Waals surface area contributed by atoms with Gasteiger partial charge in [0.1, 0.15) is 17.3 Å². The molecule has 0 saturated carbocycles. The maximum atomic E-state index is 13.2. The summed E-state index contributed by atoms with van der Waals surface area (Å²) in [5.74, 6) is -1.24. The molecular formula is C21H15ClN4O3. The zero-order valence-electron chi connectivity index (χ0n) is 15.3. The standard InChI is InChI=1S/C21H15ClN4O3/c1-29-19(27)16-11-26(13-8-6-12(22)7-9-13)18(24)15(10-23)21(16)14-4-2-3-5-17(14)25-20(21)28/h2-9,11H,24H2,1H3,(H,25,28). The molecule has 2 aromatic rings. The lowest BCUT2D eigenvalue weighted by molar-refractivity contribution is -0.138. The molecule has 1 atom stereocenters. The zero-order chi connectivity index (χ0) is 20.8. The number of halogens is 1. The Morgan fingerprint density at radius 1 is 1.24 bits per heavy atom. The maximum Gasteiger partial charge on any atom is 0.337 e. The van der Waals surface area contributed by atoms with Crippen LogP contribution in [0, 0.1) is 11.3 Å². The van der Waals surface area contributed by atoms with Gasteiger partial charge in [-0.25, -0.2) is 4.79 Å². The van der Waals surface area contributed by atoms with E-state index in [1.807, 2.05) is 0 Å². The van der Waals surface area contributed by atoms with Crippen molar-refractivity contribution >= 4 is 34.9 Å². The molecule has 0 saturated heterocycles. The predicted molar refractivity (Wildman–Crippen MR) is 108 cm³/mol. The largest absolute Gasteiger partial charge is 0.466 e. The van der Waals surface area contributed by atoms with E-state index in [1.54, 1.807) is 48.5 Å². The van der Waals surface area contributed by atoms with Gasteiger partial charge in [-0.1, -0.05) is 29.8 Å². The van der Waals surface area contributed by atoms with Crippen LogP contribution in [0.3, 0.4) is 0 Å². The van der Waals surface area contributed by atoms with Crippen LogP contribution in [0.15, 0.2) is 71.7 Å². The van der Waals surface area contributed by atoms with Gasteiger partial charge in [0.2, 0.25) is 5.91 Å². The number of nitrogens with one attached hydrogen (secondary N) is 1. The molecule has 1 unspecified atom stereocenters. The molecule has 2 heterocycles. The van der Waals surface area contributed by atoms with Crippen LogP contribution >= 0.6 is 11.6 Å². The first-order chi connectivity index (χ1) is 13.9. The topological polar surface area (TPSA) is 108 Å². The molecule has 3 N–H and O–H groups in total. The Balaban J connectivity index is 2.04. The van der Waals surface area contributed by atoms with Crippen LogP contribution in [0.1, 0.15) is 5.56 Å². The number of hydrogen-bond donors (Lipinski definition) is 2. The summed E-state index contributed by atoms with van der Waals surface area (Å²) in [4.78, 5) is 27.5. The highest BCUT2D eigenvalue weighted by atomic mass is 35.5. The van der Waals surface area contributed by atoms with Crippen molar-refractivity contribution in [2.75, 3.05) is 17.3 Å². The lowest BCUT2D eigenvalue weighted by atomic mass is 9.68. The normalized spacial score (nSPS) is 20.1. The number of nitriles is 1. The number of amides is 1. The Morgan fingerprint density at radius 2 is 1.93 bits per heavy atom. The number of methoxy groups -OCH3 is 1. The molecule has 29 heavy (non-hydrogen) atoms. The number of ether oxygens (including phenoxy) is 1. The Bertz CT molecular complexity index is 1150. The first-order valence-electron chi connectivity index (χ1n) is 8.61. The molecule has 0 bridgehead atoms. The van der Waals surface area contributed by atoms with E-state index in [2.05, 4.69) is 11.4 Å². The summed E-state index contributed by atoms with van der Waals surface area (Å²) < 4.78 is 4.96. The van der Waals surface area contributed by atoms with Gasteiger partial charge < -0.3 is 20.7 Å². The number of fused-ring (bicyclic) bond motifs is 2. The number of nitrogens with two attached hydrogens (primary N) is 1. The van der Waals surface area contributed by atoms with Crippen LogP contribution in [-0.2, 0) is 19.7 Å². The third-order valence-corrected chi connectivity index (χ3v) is 5.35. The van der Waals surface area contributed by atoms with Crippen molar-refractivity contribution in [2.45, 2.75) is 5.41 Å². The van der Waals surface area contributed by atoms with Crippen molar-refractivity contribution in [3.63, 3.8) is 0 Å². The Morgan fingerprint density at radius 3 is 2.59 bits per heavy atom. The lowest BCUT2D eigenvalue weighted by Crippen LogP contribution is -2.47. The molecule has 1 spiro atoms. The summed E-state index contributed by atoms with van der Waals surface area (Å²) >= 11 is 5.96. The van der Waals surface area contributed by atoms with Gasteiger partial charge in [-0.15, -0.1) is 0 Å². The molecule has 2 aliphatic rings. The molecule has 2 aliphatic heterocycles. The van der Waals surface area contributed by atoms with Crippen LogP contribution in [-0.4, -0.2) is 19.0 Å². The molecule has 4 rings (SSSR count). The van der Waals surface area contributed by atoms with E-state index >= 15 is 0 Å². The first kappa shape index (κ1) is 18.6. The fourth-order valence-electron chi connectivity index (χ4n) is 3.79. The second-order valence-electron chi connectivity index (χ2n) is 6.50. The Kier molecular flexibility index (Phi) is 4.29. The monoisotopic (exact) mass is 406 g/mol. The predicted octanol–water partition coefficient (Wildman–Crippen LogP) is 2.80. The summed E-state index contributed by atoms with van der Waals surface area (Å²) in [6.07, 6.45) is 1.44. The SMILES string of the molecule is COC(=O)C1=CN(c2ccc(Cl)cc2)C(N)=C(C#N)C12C(=O)Nc1ccccc12. The fraction of sp³-hybridized carbons (Fsp3) is 0.0952. The van der Waals surface area contributed by atoms with Gasteiger partial charge in [0.05, 0.1) is 18.3 Å². The second kappa shape index (κ2) is 6.69. The van der Waals surface area contributed by atoms with Crippen molar-refractivity contribution in [3.8, 4) is 6.07 Å². The minimum atomic E-state index is -1.69. The second-order valence-corrected chi connectivity index (χ2v) is 6.94. The average Bonchev–Trinajstić information content (AvgIpc) is 3.01. The van der Waals surface area contributed by atoms with Crippen LogP contribution in [0.4, 0.5) is 11.4 Å². The molecule has 0 radical (unpaired) electrons. The van der Waals surface area contributed by atoms with Crippen LogP contribution < -0.4 is 16.0 Å². The summed E-state index contributed by atoms with van der Waals surface area (Å²) in [7, 11) is 1.22. The molecule has 1 amide bonds. The summed E-state index contributed by atoms with van der Waals surface area (Å²) in [5, 5.41) is 13.3. The van der Waals surface area contributed by atoms with Gasteiger partial charge >= 0.3 is 5.97 Å². The molecule has 8 heteroatoms. The number of carbonyl (C=O) groups excluding carboxylic acids is 2. The van der Waals surface area contributed by atoms with Crippen molar-refractivity contribution in [1.82, 2.24) is 0 Å². The zero-order valence-corrected chi connectivity index (χ0v) is 16.0. The lowest BCUT2D eigenvalue weighted by Gasteiger charge is -2.37. The van der Waals surface area contributed by atoms with E-state index in [0.29, 0.717) is 22.0 Å². The van der Waals surface area contributed by atoms with Gasteiger partial charge in [-0.2, -0.15) is 5.26 Å². The van der Waals surface area contributed by atoms with Crippen LogP contribution in [0.2, 0.25) is 5.02 Å². The van der Waals surface area contributed by atoms with Gasteiger partial charge in [0.25, 0.3) is 0 Å². The summed E-state index contributed by atoms with van der Waals surface area (Å²) in [5.41, 5.74) is 6.15. The highest BCUT2D eigenvalue weighted by molar-refractivity contribution is 6.30. The molecule has 144 valence electrons. The third-order valence-electron chi connectivity index (χ3n) is 5.09. The van der Waals surface area contributed by atoms with Gasteiger partial charge in [-0.05, 0) is 30.3 Å².